The van der Waals surface area contributed by atoms with E-state index in [1.54, 1.807) is 14.2 Å². The Bertz CT molecular complexity index is 1320. The van der Waals surface area contributed by atoms with Crippen LogP contribution in [0.3, 0.4) is 0 Å². The van der Waals surface area contributed by atoms with E-state index in [1.807, 2.05) is 12.1 Å². The van der Waals surface area contributed by atoms with Gasteiger partial charge in [-0.1, -0.05) is 59.8 Å². The van der Waals surface area contributed by atoms with Crippen LogP contribution in [-0.2, 0) is 4.79 Å². The van der Waals surface area contributed by atoms with Gasteiger partial charge in [-0.25, -0.2) is 0 Å². The Kier molecular flexibility index (Phi) is 6.96. The van der Waals surface area contributed by atoms with Crippen LogP contribution in [-0.4, -0.2) is 20.0 Å². The molecule has 5 aliphatic rings. The van der Waals surface area contributed by atoms with Crippen molar-refractivity contribution in [3.63, 3.8) is 0 Å². The van der Waals surface area contributed by atoms with E-state index >= 15 is 0 Å². The molecule has 0 spiro atoms. The molecule has 1 aromatic carbocycles. The van der Waals surface area contributed by atoms with Crippen LogP contribution in [0.15, 0.2) is 35.9 Å². The van der Waals surface area contributed by atoms with Crippen LogP contribution >= 0.6 is 0 Å². The van der Waals surface area contributed by atoms with Crippen molar-refractivity contribution in [2.45, 2.75) is 106 Å². The smallest absolute Gasteiger partial charge is 0.164 e. The van der Waals surface area contributed by atoms with Gasteiger partial charge in [-0.05, 0) is 145 Å². The van der Waals surface area contributed by atoms with E-state index in [9.17, 15) is 4.79 Å². The van der Waals surface area contributed by atoms with Gasteiger partial charge in [0.2, 0.25) is 0 Å². The lowest BCUT2D eigenvalue weighted by atomic mass is 9.32. The molecule has 0 heterocycles. The number of methoxy groups -OCH3 is 2. The second kappa shape index (κ2) is 9.73. The standard InChI is InChI=1S/C39H56O3/c1-24(2)27-15-17-36(5)19-20-38(7)28(33(27)36)12-14-32-37(6)23-26(21-25-11-13-29(41-9)30(22-25)42-10)34(40)35(3,4)31(37)16-18-39(32,38)8/h11,13,21-22,27-28,31-33H,1,12,14-20,23H2,2-10H3/b26-21-/t27-,28+,31-,32+,33+,36+,37-,38+,39-/m0/s1. The summed E-state index contributed by atoms with van der Waals surface area (Å²) in [6.07, 6.45) is 13.5. The highest BCUT2D eigenvalue weighted by Crippen LogP contribution is 2.77. The Labute approximate surface area is 255 Å². The fourth-order valence-electron chi connectivity index (χ4n) is 12.6. The van der Waals surface area contributed by atoms with Crippen LogP contribution in [0.25, 0.3) is 6.08 Å². The van der Waals surface area contributed by atoms with Crippen molar-refractivity contribution in [2.75, 3.05) is 14.2 Å². The number of ether oxygens (including phenoxy) is 2. The largest absolute Gasteiger partial charge is 0.493 e. The highest BCUT2D eigenvalue weighted by atomic mass is 16.5. The number of hydrogen-bond donors (Lipinski definition) is 0. The molecule has 3 heteroatoms. The third-order valence-corrected chi connectivity index (χ3v) is 14.8. The first-order chi connectivity index (χ1) is 19.7. The van der Waals surface area contributed by atoms with Crippen molar-refractivity contribution in [1.82, 2.24) is 0 Å². The fourth-order valence-corrected chi connectivity index (χ4v) is 12.6. The first kappa shape index (κ1) is 30.0. The zero-order valence-corrected chi connectivity index (χ0v) is 28.0. The number of fused-ring (bicyclic) bond motifs is 7. The molecule has 0 radical (unpaired) electrons. The Hall–Kier alpha value is -2.03. The molecule has 230 valence electrons. The van der Waals surface area contributed by atoms with Crippen LogP contribution in [0.2, 0.25) is 0 Å². The summed E-state index contributed by atoms with van der Waals surface area (Å²) in [4.78, 5) is 14.2. The molecule has 5 fully saturated rings. The fraction of sp³-hybridized carbons (Fsp3) is 0.718. The Morgan fingerprint density at radius 2 is 1.57 bits per heavy atom. The Balaban J connectivity index is 1.39. The molecule has 0 saturated heterocycles. The summed E-state index contributed by atoms with van der Waals surface area (Å²) in [5.74, 6) is 5.06. The lowest BCUT2D eigenvalue weighted by Gasteiger charge is -2.72. The molecule has 0 amide bonds. The second-order valence-electron chi connectivity index (χ2n) is 16.9. The first-order valence-corrected chi connectivity index (χ1v) is 16.8. The highest BCUT2D eigenvalue weighted by Gasteiger charge is 2.70. The average molecular weight is 573 g/mol. The molecule has 42 heavy (non-hydrogen) atoms. The van der Waals surface area contributed by atoms with Gasteiger partial charge < -0.3 is 9.47 Å². The number of carbonyl (C=O) groups is 1. The third-order valence-electron chi connectivity index (χ3n) is 14.8. The summed E-state index contributed by atoms with van der Waals surface area (Å²) in [7, 11) is 3.34. The summed E-state index contributed by atoms with van der Waals surface area (Å²) in [6.45, 7) is 21.9. The lowest BCUT2D eigenvalue weighted by molar-refractivity contribution is -0.228. The summed E-state index contributed by atoms with van der Waals surface area (Å²) in [6, 6.07) is 6.02. The maximum atomic E-state index is 14.2. The minimum absolute atomic E-state index is 0.102. The van der Waals surface area contributed by atoms with E-state index in [0.717, 1.165) is 35.1 Å². The zero-order chi connectivity index (χ0) is 30.5. The van der Waals surface area contributed by atoms with Gasteiger partial charge in [-0.15, -0.1) is 0 Å². The highest BCUT2D eigenvalue weighted by molar-refractivity contribution is 6.04. The predicted molar refractivity (Wildman–Crippen MR) is 173 cm³/mol. The molecule has 9 atom stereocenters. The molecule has 5 saturated carbocycles. The molecule has 3 nitrogen and oxygen atoms in total. The number of Topliss-reactive ketones (excluding diaryl/α,β-unsaturated/α-hetero) is 1. The first-order valence-electron chi connectivity index (χ1n) is 16.8. The van der Waals surface area contributed by atoms with Crippen LogP contribution < -0.4 is 9.47 Å². The number of carbonyl (C=O) groups excluding carboxylic acids is 1. The van der Waals surface area contributed by atoms with E-state index in [4.69, 9.17) is 9.47 Å². The van der Waals surface area contributed by atoms with Crippen molar-refractivity contribution < 1.29 is 14.3 Å². The van der Waals surface area contributed by atoms with E-state index in [2.05, 4.69) is 67.2 Å². The van der Waals surface area contributed by atoms with Crippen LogP contribution in [0, 0.1) is 56.7 Å². The van der Waals surface area contributed by atoms with Crippen LogP contribution in [0.4, 0.5) is 0 Å². The maximum Gasteiger partial charge on any atom is 0.164 e. The molecular formula is C39H56O3. The molecule has 0 aromatic heterocycles. The summed E-state index contributed by atoms with van der Waals surface area (Å²) in [5.41, 5.74) is 4.28. The van der Waals surface area contributed by atoms with Crippen LogP contribution in [0.1, 0.15) is 112 Å². The molecule has 0 N–H and O–H groups in total. The minimum Gasteiger partial charge on any atom is -0.493 e. The van der Waals surface area contributed by atoms with Gasteiger partial charge in [-0.2, -0.15) is 0 Å². The molecule has 0 unspecified atom stereocenters. The maximum absolute atomic E-state index is 14.2. The Morgan fingerprint density at radius 3 is 2.24 bits per heavy atom. The van der Waals surface area contributed by atoms with Gasteiger partial charge in [-0.3, -0.25) is 4.79 Å². The third kappa shape index (κ3) is 3.93. The van der Waals surface area contributed by atoms with Crippen molar-refractivity contribution in [3.05, 3.63) is 41.5 Å². The summed E-state index contributed by atoms with van der Waals surface area (Å²) >= 11 is 0. The van der Waals surface area contributed by atoms with Gasteiger partial charge in [0.1, 0.15) is 0 Å². The monoisotopic (exact) mass is 572 g/mol. The van der Waals surface area contributed by atoms with Gasteiger partial charge in [0.15, 0.2) is 17.3 Å². The van der Waals surface area contributed by atoms with Crippen molar-refractivity contribution in [2.24, 2.45) is 56.7 Å². The van der Waals surface area contributed by atoms with E-state index in [1.165, 1.54) is 56.9 Å². The molecule has 0 aliphatic heterocycles. The van der Waals surface area contributed by atoms with Gasteiger partial charge in [0.25, 0.3) is 0 Å². The minimum atomic E-state index is -0.365. The lowest BCUT2D eigenvalue weighted by Crippen LogP contribution is -2.66. The van der Waals surface area contributed by atoms with E-state index in [-0.39, 0.29) is 16.2 Å². The van der Waals surface area contributed by atoms with Crippen molar-refractivity contribution in [3.8, 4) is 11.5 Å². The van der Waals surface area contributed by atoms with E-state index < -0.39 is 0 Å². The zero-order valence-electron chi connectivity index (χ0n) is 28.0. The number of allylic oxidation sites excluding steroid dienone is 2. The Morgan fingerprint density at radius 1 is 0.857 bits per heavy atom. The quantitative estimate of drug-likeness (QED) is 0.266. The van der Waals surface area contributed by atoms with Gasteiger partial charge in [0.05, 0.1) is 14.2 Å². The summed E-state index contributed by atoms with van der Waals surface area (Å²) < 4.78 is 11.1. The SMILES string of the molecule is C=C(C)[C@@H]1CC[C@]2(C)CC[C@]3(C)[C@H](CC[C@@H]4[C@@]5(C)C/C(=C/c6ccc(OC)c(OC)c6)C(=O)C(C)(C)[C@@H]5CC[C@@]43C)[C@@H]12. The molecule has 0 bridgehead atoms. The van der Waals surface area contributed by atoms with Crippen molar-refractivity contribution in [1.29, 1.82) is 0 Å². The number of hydrogen-bond acceptors (Lipinski definition) is 3. The van der Waals surface area contributed by atoms with Gasteiger partial charge in [0, 0.05) is 5.41 Å². The molecular weight excluding hydrogens is 516 g/mol. The normalized spacial score (nSPS) is 44.9. The summed E-state index contributed by atoms with van der Waals surface area (Å²) in [5, 5.41) is 0. The predicted octanol–water partition coefficient (Wildman–Crippen LogP) is 9.94. The number of ketones is 1. The second-order valence-corrected chi connectivity index (χ2v) is 16.9. The van der Waals surface area contributed by atoms with Crippen molar-refractivity contribution >= 4 is 11.9 Å². The molecule has 5 aliphatic carbocycles. The number of rotatable bonds is 4. The van der Waals surface area contributed by atoms with E-state index in [0.29, 0.717) is 40.1 Å². The topological polar surface area (TPSA) is 35.5 Å². The molecule has 1 aromatic rings. The van der Waals surface area contributed by atoms with Crippen LogP contribution in [0.5, 0.6) is 11.5 Å². The number of benzene rings is 1. The molecule has 6 rings (SSSR count). The van der Waals surface area contributed by atoms with Gasteiger partial charge >= 0.3 is 0 Å². The average Bonchev–Trinajstić information content (AvgIpc) is 3.29.